The monoisotopic (exact) mass is 447 g/mol. The molecule has 0 radical (unpaired) electrons. The summed E-state index contributed by atoms with van der Waals surface area (Å²) in [5, 5.41) is 13.7. The number of nitrogens with one attached hydrogen (secondary N) is 2. The van der Waals surface area contributed by atoms with Gasteiger partial charge in [-0.15, -0.1) is 11.3 Å². The van der Waals surface area contributed by atoms with Crippen LogP contribution in [0.5, 0.6) is 11.5 Å². The molecular formula is C18H14BrN3O4S. The van der Waals surface area contributed by atoms with E-state index in [1.54, 1.807) is 48.5 Å². The number of thiophene rings is 1. The highest BCUT2D eigenvalue weighted by Crippen LogP contribution is 2.31. The molecule has 27 heavy (non-hydrogen) atoms. The van der Waals surface area contributed by atoms with Gasteiger partial charge in [-0.25, -0.2) is 4.79 Å². The van der Waals surface area contributed by atoms with E-state index in [4.69, 9.17) is 15.6 Å². The molecular weight excluding hydrogens is 434 g/mol. The molecule has 0 unspecified atom stereocenters. The first-order valence-electron chi connectivity index (χ1n) is 7.65. The number of halogens is 1. The molecule has 0 aliphatic heterocycles. The Morgan fingerprint density at radius 2 is 1.70 bits per heavy atom. The lowest BCUT2D eigenvalue weighted by Gasteiger charge is -2.11. The third kappa shape index (κ3) is 4.99. The first-order chi connectivity index (χ1) is 12.9. The van der Waals surface area contributed by atoms with E-state index in [0.717, 1.165) is 3.79 Å². The standard InChI is InChI=1S/C18H14BrN3O4S/c19-16-8-7-15(27-16)17(23)21-11-3-6-14(13(20)9-11)26-12-4-1-10(2-5-12)22-18(24)25/h1-9,22H,20H2,(H,21,23)(H,24,25). The normalized spacial score (nSPS) is 10.3. The molecule has 3 aromatic rings. The van der Waals surface area contributed by atoms with E-state index < -0.39 is 6.09 Å². The van der Waals surface area contributed by atoms with Crippen molar-refractivity contribution in [2.75, 3.05) is 16.4 Å². The van der Waals surface area contributed by atoms with Crippen molar-refractivity contribution in [2.45, 2.75) is 0 Å². The predicted octanol–water partition coefficient (Wildman–Crippen LogP) is 5.23. The summed E-state index contributed by atoms with van der Waals surface area (Å²) in [6.07, 6.45) is -1.14. The van der Waals surface area contributed by atoms with E-state index in [2.05, 4.69) is 26.6 Å². The zero-order valence-corrected chi connectivity index (χ0v) is 16.1. The Hall–Kier alpha value is -3.04. The fourth-order valence-corrected chi connectivity index (χ4v) is 3.49. The SMILES string of the molecule is Nc1cc(NC(=O)c2ccc(Br)s2)ccc1Oc1ccc(NC(=O)O)cc1. The third-order valence-electron chi connectivity index (χ3n) is 3.40. The summed E-state index contributed by atoms with van der Waals surface area (Å²) in [4.78, 5) is 23.4. The average molecular weight is 448 g/mol. The number of benzene rings is 2. The highest BCUT2D eigenvalue weighted by molar-refractivity contribution is 9.11. The molecule has 0 saturated carbocycles. The smallest absolute Gasteiger partial charge is 0.409 e. The molecule has 0 spiro atoms. The van der Waals surface area contributed by atoms with Gasteiger partial charge in [-0.2, -0.15) is 0 Å². The summed E-state index contributed by atoms with van der Waals surface area (Å²) < 4.78 is 6.58. The molecule has 0 atom stereocenters. The zero-order chi connectivity index (χ0) is 19.4. The van der Waals surface area contributed by atoms with Gasteiger partial charge in [0.2, 0.25) is 0 Å². The lowest BCUT2D eigenvalue weighted by atomic mass is 10.2. The van der Waals surface area contributed by atoms with Crippen LogP contribution in [-0.4, -0.2) is 17.1 Å². The number of carboxylic acid groups (broad SMARTS) is 1. The molecule has 0 fully saturated rings. The molecule has 0 saturated heterocycles. The van der Waals surface area contributed by atoms with Gasteiger partial charge < -0.3 is 20.9 Å². The minimum absolute atomic E-state index is 0.222. The van der Waals surface area contributed by atoms with E-state index in [9.17, 15) is 9.59 Å². The molecule has 1 aromatic heterocycles. The number of ether oxygens (including phenoxy) is 1. The Bertz CT molecular complexity index is 989. The first kappa shape index (κ1) is 18.7. The van der Waals surface area contributed by atoms with Gasteiger partial charge in [0.15, 0.2) is 0 Å². The Balaban J connectivity index is 1.67. The van der Waals surface area contributed by atoms with Crippen molar-refractivity contribution in [3.8, 4) is 11.5 Å². The zero-order valence-electron chi connectivity index (χ0n) is 13.7. The van der Waals surface area contributed by atoms with Gasteiger partial charge in [-0.1, -0.05) is 0 Å². The second-order valence-electron chi connectivity index (χ2n) is 5.37. The second kappa shape index (κ2) is 8.11. The fourth-order valence-electron chi connectivity index (χ4n) is 2.20. The number of hydrogen-bond donors (Lipinski definition) is 4. The van der Waals surface area contributed by atoms with Gasteiger partial charge in [0.25, 0.3) is 5.91 Å². The number of anilines is 3. The number of carbonyl (C=O) groups is 2. The number of hydrogen-bond acceptors (Lipinski definition) is 5. The molecule has 9 heteroatoms. The largest absolute Gasteiger partial charge is 0.465 e. The summed E-state index contributed by atoms with van der Waals surface area (Å²) in [7, 11) is 0. The Labute approximate surface area is 166 Å². The molecule has 2 amide bonds. The maximum atomic E-state index is 12.2. The maximum Gasteiger partial charge on any atom is 0.409 e. The molecule has 1 heterocycles. The van der Waals surface area contributed by atoms with Crippen LogP contribution in [0.1, 0.15) is 9.67 Å². The van der Waals surface area contributed by atoms with E-state index in [-0.39, 0.29) is 5.91 Å². The van der Waals surface area contributed by atoms with Gasteiger partial charge in [0, 0.05) is 11.4 Å². The average Bonchev–Trinajstić information content (AvgIpc) is 3.05. The molecule has 0 aliphatic rings. The van der Waals surface area contributed by atoms with Crippen molar-refractivity contribution < 1.29 is 19.4 Å². The maximum absolute atomic E-state index is 12.2. The van der Waals surface area contributed by atoms with E-state index >= 15 is 0 Å². The quantitative estimate of drug-likeness (QED) is 0.400. The van der Waals surface area contributed by atoms with E-state index in [1.165, 1.54) is 11.3 Å². The van der Waals surface area contributed by atoms with Crippen LogP contribution in [0.15, 0.2) is 58.4 Å². The summed E-state index contributed by atoms with van der Waals surface area (Å²) >= 11 is 4.66. The predicted molar refractivity (Wildman–Crippen MR) is 109 cm³/mol. The lowest BCUT2D eigenvalue weighted by molar-refractivity contribution is 0.103. The summed E-state index contributed by atoms with van der Waals surface area (Å²) in [6, 6.07) is 14.9. The van der Waals surface area contributed by atoms with Crippen molar-refractivity contribution in [2.24, 2.45) is 0 Å². The van der Waals surface area contributed by atoms with Crippen LogP contribution >= 0.6 is 27.3 Å². The number of rotatable bonds is 5. The highest BCUT2D eigenvalue weighted by atomic mass is 79.9. The van der Waals surface area contributed by atoms with Crippen LogP contribution < -0.4 is 21.1 Å². The topological polar surface area (TPSA) is 114 Å². The molecule has 2 aromatic carbocycles. The number of amides is 2. The van der Waals surface area contributed by atoms with Crippen molar-refractivity contribution in [3.05, 3.63) is 63.3 Å². The van der Waals surface area contributed by atoms with Crippen molar-refractivity contribution in [1.82, 2.24) is 0 Å². The van der Waals surface area contributed by atoms with Crippen LogP contribution in [0.3, 0.4) is 0 Å². The van der Waals surface area contributed by atoms with Crippen molar-refractivity contribution in [1.29, 1.82) is 0 Å². The molecule has 7 nitrogen and oxygen atoms in total. The van der Waals surface area contributed by atoms with Crippen LogP contribution in [0.4, 0.5) is 21.9 Å². The Morgan fingerprint density at radius 1 is 1.00 bits per heavy atom. The molecule has 138 valence electrons. The second-order valence-corrected chi connectivity index (χ2v) is 7.83. The fraction of sp³-hybridized carbons (Fsp3) is 0. The summed E-state index contributed by atoms with van der Waals surface area (Å²) in [6.45, 7) is 0. The van der Waals surface area contributed by atoms with Crippen molar-refractivity contribution >= 4 is 56.3 Å². The van der Waals surface area contributed by atoms with Crippen LogP contribution in [0.25, 0.3) is 0 Å². The van der Waals surface area contributed by atoms with E-state index in [0.29, 0.717) is 33.4 Å². The number of nitrogens with two attached hydrogens (primary N) is 1. The molecule has 0 bridgehead atoms. The first-order valence-corrected chi connectivity index (χ1v) is 9.26. The van der Waals surface area contributed by atoms with Crippen LogP contribution in [-0.2, 0) is 0 Å². The van der Waals surface area contributed by atoms with Crippen LogP contribution in [0.2, 0.25) is 0 Å². The minimum Gasteiger partial charge on any atom is -0.465 e. The number of carbonyl (C=O) groups excluding carboxylic acids is 1. The van der Waals surface area contributed by atoms with Gasteiger partial charge in [-0.3, -0.25) is 10.1 Å². The molecule has 0 aliphatic carbocycles. The molecule has 3 rings (SSSR count). The third-order valence-corrected chi connectivity index (χ3v) is 5.02. The van der Waals surface area contributed by atoms with Gasteiger partial charge in [0.05, 0.1) is 14.4 Å². The highest BCUT2D eigenvalue weighted by Gasteiger charge is 2.10. The lowest BCUT2D eigenvalue weighted by Crippen LogP contribution is -2.10. The Morgan fingerprint density at radius 3 is 2.30 bits per heavy atom. The molecule has 5 N–H and O–H groups in total. The van der Waals surface area contributed by atoms with Crippen molar-refractivity contribution in [3.63, 3.8) is 0 Å². The Kier molecular flexibility index (Phi) is 5.63. The minimum atomic E-state index is -1.14. The van der Waals surface area contributed by atoms with Gasteiger partial charge in [-0.05, 0) is 70.5 Å². The van der Waals surface area contributed by atoms with E-state index in [1.807, 2.05) is 6.07 Å². The summed E-state index contributed by atoms with van der Waals surface area (Å²) in [5.74, 6) is 0.698. The van der Waals surface area contributed by atoms with Crippen LogP contribution in [0, 0.1) is 0 Å². The number of nitrogen functional groups attached to an aromatic ring is 1. The van der Waals surface area contributed by atoms with Gasteiger partial charge in [0.1, 0.15) is 11.5 Å². The van der Waals surface area contributed by atoms with Gasteiger partial charge >= 0.3 is 6.09 Å². The summed E-state index contributed by atoms with van der Waals surface area (Å²) in [5.41, 5.74) is 7.35.